The zero-order chi connectivity index (χ0) is 17.9. The summed E-state index contributed by atoms with van der Waals surface area (Å²) in [6, 6.07) is 4.07. The molecule has 2 fully saturated rings. The van der Waals surface area contributed by atoms with E-state index >= 15 is 0 Å². The Morgan fingerprint density at radius 1 is 1.32 bits per heavy atom. The summed E-state index contributed by atoms with van der Waals surface area (Å²) in [5.41, 5.74) is -0.0103. The van der Waals surface area contributed by atoms with Gasteiger partial charge in [0.25, 0.3) is 0 Å². The highest BCUT2D eigenvalue weighted by Crippen LogP contribution is 2.38. The SMILES string of the molecule is Cc1ccc(CN2CCC3(CC2)CC(CCNS(C)(=O)=O)CCO3)o1. The van der Waals surface area contributed by atoms with Gasteiger partial charge in [0.15, 0.2) is 0 Å². The number of hydrogen-bond donors (Lipinski definition) is 1. The molecule has 0 bridgehead atoms. The summed E-state index contributed by atoms with van der Waals surface area (Å²) < 4.78 is 36.9. The first kappa shape index (κ1) is 18.9. The average Bonchev–Trinajstić information content (AvgIpc) is 2.94. The van der Waals surface area contributed by atoms with Crippen LogP contribution >= 0.6 is 0 Å². The van der Waals surface area contributed by atoms with Gasteiger partial charge in [0.05, 0.1) is 18.4 Å². The molecule has 142 valence electrons. The minimum Gasteiger partial charge on any atom is -0.465 e. The number of nitrogens with one attached hydrogen (secondary N) is 1. The number of aryl methyl sites for hydroxylation is 1. The maximum atomic E-state index is 11.2. The molecule has 0 saturated carbocycles. The van der Waals surface area contributed by atoms with Crippen LogP contribution in [-0.4, -0.2) is 51.4 Å². The number of piperidine rings is 1. The molecule has 2 aliphatic heterocycles. The number of nitrogens with zero attached hydrogens (tertiary/aromatic N) is 1. The highest BCUT2D eigenvalue weighted by atomic mass is 32.2. The molecule has 6 nitrogen and oxygen atoms in total. The van der Waals surface area contributed by atoms with E-state index in [-0.39, 0.29) is 5.60 Å². The molecule has 0 radical (unpaired) electrons. The van der Waals surface area contributed by atoms with Crippen molar-refractivity contribution in [1.82, 2.24) is 9.62 Å². The lowest BCUT2D eigenvalue weighted by Gasteiger charge is -2.46. The Morgan fingerprint density at radius 2 is 2.08 bits per heavy atom. The third kappa shape index (κ3) is 5.54. The van der Waals surface area contributed by atoms with Crippen LogP contribution in [0.15, 0.2) is 16.5 Å². The Balaban J connectivity index is 1.46. The topological polar surface area (TPSA) is 71.8 Å². The Labute approximate surface area is 151 Å². The van der Waals surface area contributed by atoms with E-state index in [1.54, 1.807) is 0 Å². The molecular weight excluding hydrogens is 340 g/mol. The van der Waals surface area contributed by atoms with Crippen LogP contribution in [0.5, 0.6) is 0 Å². The van der Waals surface area contributed by atoms with Gasteiger partial charge in [-0.1, -0.05) is 0 Å². The molecule has 0 aromatic carbocycles. The fourth-order valence-electron chi connectivity index (χ4n) is 4.08. The third-order valence-electron chi connectivity index (χ3n) is 5.45. The van der Waals surface area contributed by atoms with Crippen molar-refractivity contribution in [2.45, 2.75) is 51.2 Å². The van der Waals surface area contributed by atoms with Crippen LogP contribution in [0.1, 0.15) is 43.6 Å². The average molecular weight is 371 g/mol. The van der Waals surface area contributed by atoms with E-state index in [2.05, 4.69) is 15.7 Å². The van der Waals surface area contributed by atoms with E-state index in [4.69, 9.17) is 9.15 Å². The highest BCUT2D eigenvalue weighted by molar-refractivity contribution is 7.88. The first-order valence-electron chi connectivity index (χ1n) is 9.20. The van der Waals surface area contributed by atoms with Gasteiger partial charge in [-0.3, -0.25) is 4.90 Å². The van der Waals surface area contributed by atoms with Gasteiger partial charge in [-0.2, -0.15) is 0 Å². The summed E-state index contributed by atoms with van der Waals surface area (Å²) in [6.07, 6.45) is 6.28. The highest BCUT2D eigenvalue weighted by Gasteiger charge is 2.40. The molecule has 1 aromatic rings. The summed E-state index contributed by atoms with van der Waals surface area (Å²) in [5, 5.41) is 0. The Bertz CT molecular complexity index is 662. The predicted octanol–water partition coefficient (Wildman–Crippen LogP) is 2.29. The Kier molecular flexibility index (Phi) is 5.88. The summed E-state index contributed by atoms with van der Waals surface area (Å²) in [4.78, 5) is 2.43. The standard InChI is InChI=1S/C18H30N2O4S/c1-15-3-4-17(24-15)14-20-10-7-18(8-11-20)13-16(6-12-23-18)5-9-19-25(2,21)22/h3-4,16,19H,5-14H2,1-2H3. The lowest BCUT2D eigenvalue weighted by atomic mass is 9.78. The molecule has 1 unspecified atom stereocenters. The molecule has 1 aromatic heterocycles. The predicted molar refractivity (Wildman–Crippen MR) is 96.8 cm³/mol. The number of hydrogen-bond acceptors (Lipinski definition) is 5. The van der Waals surface area contributed by atoms with Crippen LogP contribution < -0.4 is 4.72 Å². The summed E-state index contributed by atoms with van der Waals surface area (Å²) >= 11 is 0. The maximum Gasteiger partial charge on any atom is 0.208 e. The van der Waals surface area contributed by atoms with Crippen molar-refractivity contribution in [2.75, 3.05) is 32.5 Å². The summed E-state index contributed by atoms with van der Waals surface area (Å²) in [5.74, 6) is 2.54. The molecule has 0 aliphatic carbocycles. The van der Waals surface area contributed by atoms with Gasteiger partial charge in [0.1, 0.15) is 11.5 Å². The normalized spacial score (nSPS) is 24.6. The number of rotatable bonds is 6. The molecule has 7 heteroatoms. The van der Waals surface area contributed by atoms with Gasteiger partial charge in [-0.05, 0) is 57.1 Å². The molecular formula is C18H30N2O4S. The smallest absolute Gasteiger partial charge is 0.208 e. The van der Waals surface area contributed by atoms with E-state index in [1.165, 1.54) is 6.26 Å². The third-order valence-corrected chi connectivity index (χ3v) is 6.18. The summed E-state index contributed by atoms with van der Waals surface area (Å²) in [6.45, 7) is 6.21. The van der Waals surface area contributed by atoms with Crippen LogP contribution in [0.2, 0.25) is 0 Å². The van der Waals surface area contributed by atoms with Gasteiger partial charge in [0.2, 0.25) is 10.0 Å². The molecule has 1 spiro atoms. The zero-order valence-electron chi connectivity index (χ0n) is 15.3. The molecule has 2 saturated heterocycles. The number of likely N-dealkylation sites (tertiary alicyclic amines) is 1. The van der Waals surface area contributed by atoms with E-state index in [1.807, 2.05) is 13.0 Å². The number of ether oxygens (including phenoxy) is 1. The van der Waals surface area contributed by atoms with Crippen LogP contribution in [0.25, 0.3) is 0 Å². The molecule has 3 rings (SSSR count). The first-order chi connectivity index (χ1) is 11.8. The van der Waals surface area contributed by atoms with Gasteiger partial charge < -0.3 is 9.15 Å². The van der Waals surface area contributed by atoms with Crippen LogP contribution in [-0.2, 0) is 21.3 Å². The second-order valence-corrected chi connectivity index (χ2v) is 9.47. The lowest BCUT2D eigenvalue weighted by Crippen LogP contribution is -2.49. The fraction of sp³-hybridized carbons (Fsp3) is 0.778. The molecule has 3 heterocycles. The van der Waals surface area contributed by atoms with Crippen molar-refractivity contribution in [3.05, 3.63) is 23.7 Å². The Morgan fingerprint density at radius 3 is 2.72 bits per heavy atom. The van der Waals surface area contributed by atoms with Crippen molar-refractivity contribution < 1.29 is 17.6 Å². The second-order valence-electron chi connectivity index (χ2n) is 7.63. The number of sulfonamides is 1. The monoisotopic (exact) mass is 370 g/mol. The van der Waals surface area contributed by atoms with Gasteiger partial charge >= 0.3 is 0 Å². The minimum absolute atomic E-state index is 0.0103. The van der Waals surface area contributed by atoms with E-state index in [9.17, 15) is 8.42 Å². The van der Waals surface area contributed by atoms with Crippen molar-refractivity contribution in [3.63, 3.8) is 0 Å². The van der Waals surface area contributed by atoms with Crippen molar-refractivity contribution >= 4 is 10.0 Å². The molecule has 0 amide bonds. The van der Waals surface area contributed by atoms with Gasteiger partial charge in [0, 0.05) is 26.2 Å². The van der Waals surface area contributed by atoms with Crippen molar-refractivity contribution in [2.24, 2.45) is 5.92 Å². The van der Waals surface area contributed by atoms with Gasteiger partial charge in [-0.15, -0.1) is 0 Å². The fourth-order valence-corrected chi connectivity index (χ4v) is 4.57. The van der Waals surface area contributed by atoms with Crippen LogP contribution in [0.3, 0.4) is 0 Å². The largest absolute Gasteiger partial charge is 0.465 e. The first-order valence-corrected chi connectivity index (χ1v) is 11.1. The maximum absolute atomic E-state index is 11.2. The Hall–Kier alpha value is -0.890. The van der Waals surface area contributed by atoms with E-state index in [0.29, 0.717) is 12.5 Å². The van der Waals surface area contributed by atoms with Crippen molar-refractivity contribution in [1.29, 1.82) is 0 Å². The minimum atomic E-state index is -3.09. The molecule has 2 aliphatic rings. The second kappa shape index (κ2) is 7.78. The quantitative estimate of drug-likeness (QED) is 0.832. The van der Waals surface area contributed by atoms with Gasteiger partial charge in [-0.25, -0.2) is 13.1 Å². The summed E-state index contributed by atoms with van der Waals surface area (Å²) in [7, 11) is -3.09. The molecule has 1 N–H and O–H groups in total. The zero-order valence-corrected chi connectivity index (χ0v) is 16.1. The lowest BCUT2D eigenvalue weighted by molar-refractivity contribution is -0.128. The molecule has 25 heavy (non-hydrogen) atoms. The number of furan rings is 1. The van der Waals surface area contributed by atoms with Crippen molar-refractivity contribution in [3.8, 4) is 0 Å². The molecule has 1 atom stereocenters. The van der Waals surface area contributed by atoms with E-state index < -0.39 is 10.0 Å². The van der Waals surface area contributed by atoms with Crippen LogP contribution in [0.4, 0.5) is 0 Å². The van der Waals surface area contributed by atoms with Crippen LogP contribution in [0, 0.1) is 12.8 Å². The van der Waals surface area contributed by atoms with E-state index in [0.717, 1.165) is 69.9 Å².